The Balaban J connectivity index is 1.66. The van der Waals surface area contributed by atoms with Crippen LogP contribution >= 0.6 is 0 Å². The van der Waals surface area contributed by atoms with Gasteiger partial charge in [0.25, 0.3) is 0 Å². The van der Waals surface area contributed by atoms with Gasteiger partial charge < -0.3 is 14.2 Å². The average Bonchev–Trinajstić information content (AvgIpc) is 2.83. The minimum Gasteiger partial charge on any atom is -0.361 e. The van der Waals surface area contributed by atoms with Crippen molar-refractivity contribution in [2.45, 2.75) is 38.8 Å². The van der Waals surface area contributed by atoms with E-state index >= 15 is 0 Å². The molecule has 3 rings (SSSR count). The molecule has 118 valence electrons. The van der Waals surface area contributed by atoms with Crippen LogP contribution in [0.25, 0.3) is 11.0 Å². The average molecular weight is 317 g/mol. The Labute approximate surface area is 131 Å². The van der Waals surface area contributed by atoms with Gasteiger partial charge in [0.1, 0.15) is 6.73 Å². The molecule has 1 aliphatic rings. The molecule has 1 fully saturated rings. The number of ether oxygens (including phenoxy) is 1. The molecule has 6 heteroatoms. The summed E-state index contributed by atoms with van der Waals surface area (Å²) in [5.41, 5.74) is 2.89. The van der Waals surface area contributed by atoms with Crippen molar-refractivity contribution < 1.29 is 9.53 Å². The molecule has 22 heavy (non-hydrogen) atoms. The molecule has 0 atom stereocenters. The third-order valence-corrected chi connectivity index (χ3v) is 5.70. The number of aromatic nitrogens is 2. The highest BCUT2D eigenvalue weighted by atomic mass is 28.3. The van der Waals surface area contributed by atoms with Crippen LogP contribution in [0.2, 0.25) is 25.7 Å². The summed E-state index contributed by atoms with van der Waals surface area (Å²) in [6, 6.07) is 7.15. The van der Waals surface area contributed by atoms with Crippen LogP contribution in [-0.2, 0) is 16.3 Å². The second-order valence-corrected chi connectivity index (χ2v) is 12.7. The second kappa shape index (κ2) is 5.85. The fourth-order valence-electron chi connectivity index (χ4n) is 2.45. The van der Waals surface area contributed by atoms with E-state index in [1.165, 1.54) is 6.04 Å². The Hall–Kier alpha value is -1.66. The molecule has 0 bridgehead atoms. The van der Waals surface area contributed by atoms with Crippen LogP contribution in [0.4, 0.5) is 5.69 Å². The fourth-order valence-corrected chi connectivity index (χ4v) is 3.21. The van der Waals surface area contributed by atoms with Crippen molar-refractivity contribution in [3.63, 3.8) is 0 Å². The minimum atomic E-state index is -1.04. The number of carbonyl (C=O) groups is 1. The van der Waals surface area contributed by atoms with Gasteiger partial charge in [-0.2, -0.15) is 0 Å². The van der Waals surface area contributed by atoms with E-state index in [-0.39, 0.29) is 5.91 Å². The Morgan fingerprint density at radius 1 is 1.32 bits per heavy atom. The Kier molecular flexibility index (Phi) is 4.05. The predicted octanol–water partition coefficient (Wildman–Crippen LogP) is 3.09. The van der Waals surface area contributed by atoms with Crippen molar-refractivity contribution in [3.05, 3.63) is 24.5 Å². The van der Waals surface area contributed by atoms with Gasteiger partial charge in [0.2, 0.25) is 5.91 Å². The number of nitrogens with zero attached hydrogens (tertiary/aromatic N) is 3. The van der Waals surface area contributed by atoms with Crippen LogP contribution in [0.5, 0.6) is 0 Å². The quantitative estimate of drug-likeness (QED) is 0.467. The third kappa shape index (κ3) is 3.23. The van der Waals surface area contributed by atoms with Crippen molar-refractivity contribution in [1.29, 1.82) is 0 Å². The van der Waals surface area contributed by atoms with Crippen molar-refractivity contribution in [1.82, 2.24) is 9.55 Å². The van der Waals surface area contributed by atoms with Gasteiger partial charge in [0, 0.05) is 33.3 Å². The lowest BCUT2D eigenvalue weighted by Gasteiger charge is -2.30. The lowest BCUT2D eigenvalue weighted by atomic mass is 10.1. The zero-order valence-corrected chi connectivity index (χ0v) is 14.5. The topological polar surface area (TPSA) is 47.4 Å². The summed E-state index contributed by atoms with van der Waals surface area (Å²) in [6.07, 6.45) is 2.46. The first kappa shape index (κ1) is 15.2. The molecule has 0 unspecified atom stereocenters. The molecule has 2 heterocycles. The van der Waals surface area contributed by atoms with E-state index in [9.17, 15) is 4.79 Å². The lowest BCUT2D eigenvalue weighted by molar-refractivity contribution is -0.122. The standard InChI is InChI=1S/C16H23N3O2Si/c1-22(2,3)9-8-21-12-18-11-17-14-10-13(4-5-15(14)18)19-7-6-16(19)20/h4-5,10-11H,6-9,12H2,1-3H3. The summed E-state index contributed by atoms with van der Waals surface area (Å²) in [6.45, 7) is 9.19. The fraction of sp³-hybridized carbons (Fsp3) is 0.500. The van der Waals surface area contributed by atoms with Gasteiger partial charge in [-0.25, -0.2) is 4.98 Å². The Morgan fingerprint density at radius 3 is 2.77 bits per heavy atom. The molecular weight excluding hydrogens is 294 g/mol. The number of hydrogen-bond donors (Lipinski definition) is 0. The van der Waals surface area contributed by atoms with Crippen LogP contribution in [0, 0.1) is 0 Å². The van der Waals surface area contributed by atoms with E-state index in [2.05, 4.69) is 24.6 Å². The summed E-state index contributed by atoms with van der Waals surface area (Å²) >= 11 is 0. The summed E-state index contributed by atoms with van der Waals surface area (Å²) in [5, 5.41) is 0. The molecule has 0 spiro atoms. The normalized spacial score (nSPS) is 15.4. The van der Waals surface area contributed by atoms with E-state index in [1.54, 1.807) is 11.2 Å². The first-order chi connectivity index (χ1) is 10.4. The summed E-state index contributed by atoms with van der Waals surface area (Å²) in [5.74, 6) is 0.188. The van der Waals surface area contributed by atoms with Crippen LogP contribution in [0.15, 0.2) is 24.5 Å². The van der Waals surface area contributed by atoms with Gasteiger partial charge in [-0.1, -0.05) is 19.6 Å². The number of anilines is 1. The van der Waals surface area contributed by atoms with E-state index in [0.717, 1.165) is 29.9 Å². The first-order valence-corrected chi connectivity index (χ1v) is 11.5. The minimum absolute atomic E-state index is 0.188. The maximum absolute atomic E-state index is 11.5. The summed E-state index contributed by atoms with van der Waals surface area (Å²) in [4.78, 5) is 17.7. The van der Waals surface area contributed by atoms with Crippen LogP contribution in [0.1, 0.15) is 6.42 Å². The van der Waals surface area contributed by atoms with Gasteiger partial charge in [-0.15, -0.1) is 0 Å². The van der Waals surface area contributed by atoms with Crippen LogP contribution in [0.3, 0.4) is 0 Å². The molecule has 1 aromatic heterocycles. The number of hydrogen-bond acceptors (Lipinski definition) is 3. The molecule has 5 nitrogen and oxygen atoms in total. The molecule has 1 aliphatic heterocycles. The van der Waals surface area contributed by atoms with Gasteiger partial charge >= 0.3 is 0 Å². The molecule has 0 aliphatic carbocycles. The number of carbonyl (C=O) groups excluding carboxylic acids is 1. The van der Waals surface area contributed by atoms with Crippen molar-refractivity contribution in [3.8, 4) is 0 Å². The molecule has 2 aromatic rings. The number of rotatable bonds is 6. The predicted molar refractivity (Wildman–Crippen MR) is 90.8 cm³/mol. The SMILES string of the molecule is C[Si](C)(C)CCOCn1cnc2cc(N3CCC3=O)ccc21. The summed E-state index contributed by atoms with van der Waals surface area (Å²) in [7, 11) is -1.04. The number of fused-ring (bicyclic) bond motifs is 1. The number of benzene rings is 1. The monoisotopic (exact) mass is 317 g/mol. The number of imidazole rings is 1. The Bertz CT molecular complexity index is 690. The van der Waals surface area contributed by atoms with Gasteiger partial charge in [0.05, 0.1) is 17.4 Å². The highest BCUT2D eigenvalue weighted by Crippen LogP contribution is 2.25. The van der Waals surface area contributed by atoms with Gasteiger partial charge in [0.15, 0.2) is 0 Å². The number of β-lactam (4-membered cyclic amide) rings is 1. The lowest BCUT2D eigenvalue weighted by Crippen LogP contribution is -2.43. The van der Waals surface area contributed by atoms with Gasteiger partial charge in [-0.3, -0.25) is 4.79 Å². The van der Waals surface area contributed by atoms with E-state index < -0.39 is 8.07 Å². The molecular formula is C16H23N3O2Si. The van der Waals surface area contributed by atoms with E-state index in [0.29, 0.717) is 13.2 Å². The van der Waals surface area contributed by atoms with E-state index in [1.807, 2.05) is 22.8 Å². The maximum Gasteiger partial charge on any atom is 0.228 e. The van der Waals surface area contributed by atoms with Crippen molar-refractivity contribution >= 4 is 30.7 Å². The molecule has 0 saturated carbocycles. The Morgan fingerprint density at radius 2 is 2.14 bits per heavy atom. The smallest absolute Gasteiger partial charge is 0.228 e. The largest absolute Gasteiger partial charge is 0.361 e. The maximum atomic E-state index is 11.5. The van der Waals surface area contributed by atoms with Crippen molar-refractivity contribution in [2.75, 3.05) is 18.1 Å². The molecule has 0 radical (unpaired) electrons. The molecule has 0 N–H and O–H groups in total. The highest BCUT2D eigenvalue weighted by molar-refractivity contribution is 6.76. The zero-order valence-electron chi connectivity index (χ0n) is 13.5. The molecule has 1 aromatic carbocycles. The molecule has 1 saturated heterocycles. The summed E-state index contributed by atoms with van der Waals surface area (Å²) < 4.78 is 7.80. The van der Waals surface area contributed by atoms with Crippen molar-refractivity contribution in [2.24, 2.45) is 0 Å². The van der Waals surface area contributed by atoms with Crippen LogP contribution in [-0.4, -0.2) is 36.7 Å². The van der Waals surface area contributed by atoms with E-state index in [4.69, 9.17) is 4.74 Å². The second-order valence-electron chi connectivity index (χ2n) is 7.03. The third-order valence-electron chi connectivity index (χ3n) is 3.99. The molecule has 1 amide bonds. The zero-order chi connectivity index (χ0) is 15.7. The van der Waals surface area contributed by atoms with Crippen LogP contribution < -0.4 is 4.90 Å². The number of amides is 1. The first-order valence-electron chi connectivity index (χ1n) is 7.77. The van der Waals surface area contributed by atoms with Gasteiger partial charge in [-0.05, 0) is 24.2 Å². The highest BCUT2D eigenvalue weighted by Gasteiger charge is 2.25.